The normalized spacial score (nSPS) is 23.5. The van der Waals surface area contributed by atoms with E-state index < -0.39 is 11.6 Å². The van der Waals surface area contributed by atoms with E-state index >= 15 is 0 Å². The van der Waals surface area contributed by atoms with Crippen molar-refractivity contribution in [3.63, 3.8) is 0 Å². The zero-order valence-electron chi connectivity index (χ0n) is 12.8. The lowest BCUT2D eigenvalue weighted by Gasteiger charge is -2.25. The van der Waals surface area contributed by atoms with Crippen molar-refractivity contribution in [1.82, 2.24) is 5.32 Å². The third-order valence-electron chi connectivity index (χ3n) is 4.76. The van der Waals surface area contributed by atoms with Crippen molar-refractivity contribution in [3.8, 4) is 0 Å². The van der Waals surface area contributed by atoms with Crippen molar-refractivity contribution in [3.05, 3.63) is 33.8 Å². The molecule has 0 aliphatic heterocycles. The van der Waals surface area contributed by atoms with Gasteiger partial charge in [0.05, 0.1) is 4.47 Å². The van der Waals surface area contributed by atoms with Gasteiger partial charge in [-0.1, -0.05) is 26.7 Å². The van der Waals surface area contributed by atoms with Gasteiger partial charge in [-0.15, -0.1) is 0 Å². The molecule has 0 heterocycles. The minimum absolute atomic E-state index is 0.157. The fraction of sp³-hybridized carbons (Fsp3) is 0.647. The highest BCUT2D eigenvalue weighted by atomic mass is 79.9. The molecule has 1 fully saturated rings. The Kier molecular flexibility index (Phi) is 6.18. The largest absolute Gasteiger partial charge is 0.314 e. The molecule has 0 saturated heterocycles. The lowest BCUT2D eigenvalue weighted by atomic mass is 9.90. The first-order valence-electron chi connectivity index (χ1n) is 7.92. The van der Waals surface area contributed by atoms with Gasteiger partial charge < -0.3 is 5.32 Å². The van der Waals surface area contributed by atoms with E-state index in [-0.39, 0.29) is 11.6 Å². The molecule has 1 aliphatic carbocycles. The molecule has 1 N–H and O–H groups in total. The van der Waals surface area contributed by atoms with Crippen molar-refractivity contribution >= 4 is 15.9 Å². The average molecular weight is 360 g/mol. The number of nitrogens with one attached hydrogen (secondary N) is 1. The molecular formula is C17H24BrF2N. The van der Waals surface area contributed by atoms with Crippen LogP contribution in [-0.4, -0.2) is 12.6 Å². The summed E-state index contributed by atoms with van der Waals surface area (Å²) in [6.07, 6.45) is 5.20. The molecule has 1 nitrogen and oxygen atoms in total. The van der Waals surface area contributed by atoms with E-state index in [4.69, 9.17) is 0 Å². The van der Waals surface area contributed by atoms with E-state index in [9.17, 15) is 8.78 Å². The summed E-state index contributed by atoms with van der Waals surface area (Å²) in [6.45, 7) is 5.10. The molecule has 0 bridgehead atoms. The van der Waals surface area contributed by atoms with E-state index in [1.807, 2.05) is 6.92 Å². The highest BCUT2D eigenvalue weighted by Gasteiger charge is 2.31. The SMILES string of the molecule is CCNC(Cc1c(F)ccc(Br)c1F)C1CCC(CC)C1. The van der Waals surface area contributed by atoms with Crippen LogP contribution < -0.4 is 5.32 Å². The maximum atomic E-state index is 14.2. The minimum atomic E-state index is -0.456. The molecule has 4 heteroatoms. The molecule has 2 rings (SSSR count). The van der Waals surface area contributed by atoms with Crippen LogP contribution in [0.4, 0.5) is 8.78 Å². The van der Waals surface area contributed by atoms with Gasteiger partial charge in [0.1, 0.15) is 11.6 Å². The third-order valence-corrected chi connectivity index (χ3v) is 5.37. The van der Waals surface area contributed by atoms with E-state index in [1.54, 1.807) is 0 Å². The van der Waals surface area contributed by atoms with Crippen molar-refractivity contribution in [2.45, 2.75) is 52.0 Å². The predicted octanol–water partition coefficient (Wildman–Crippen LogP) is 5.07. The van der Waals surface area contributed by atoms with Gasteiger partial charge >= 0.3 is 0 Å². The summed E-state index contributed by atoms with van der Waals surface area (Å²) < 4.78 is 28.5. The van der Waals surface area contributed by atoms with E-state index in [1.165, 1.54) is 31.4 Å². The van der Waals surface area contributed by atoms with Crippen molar-refractivity contribution in [1.29, 1.82) is 0 Å². The number of rotatable bonds is 6. The van der Waals surface area contributed by atoms with Crippen molar-refractivity contribution < 1.29 is 8.78 Å². The monoisotopic (exact) mass is 359 g/mol. The van der Waals surface area contributed by atoms with E-state index in [0.717, 1.165) is 18.9 Å². The Hall–Kier alpha value is -0.480. The molecule has 0 amide bonds. The Morgan fingerprint density at radius 3 is 2.67 bits per heavy atom. The molecule has 3 unspecified atom stereocenters. The first-order chi connectivity index (χ1) is 10.1. The Morgan fingerprint density at radius 1 is 1.29 bits per heavy atom. The highest BCUT2D eigenvalue weighted by molar-refractivity contribution is 9.10. The smallest absolute Gasteiger partial charge is 0.143 e. The van der Waals surface area contributed by atoms with Crippen LogP contribution in [0.3, 0.4) is 0 Å². The zero-order valence-corrected chi connectivity index (χ0v) is 14.3. The Balaban J connectivity index is 2.15. The quantitative estimate of drug-likeness (QED) is 0.698. The van der Waals surface area contributed by atoms with E-state index in [0.29, 0.717) is 16.8 Å². The second kappa shape index (κ2) is 7.68. The number of benzene rings is 1. The van der Waals surface area contributed by atoms with Crippen LogP contribution >= 0.6 is 15.9 Å². The van der Waals surface area contributed by atoms with Crippen LogP contribution in [0.25, 0.3) is 0 Å². The van der Waals surface area contributed by atoms with Gasteiger partial charge in [0.15, 0.2) is 0 Å². The number of likely N-dealkylation sites (N-methyl/N-ethyl adjacent to an activating group) is 1. The third kappa shape index (κ3) is 4.04. The molecule has 0 aromatic heterocycles. The van der Waals surface area contributed by atoms with Gasteiger partial charge in [-0.05, 0) is 65.7 Å². The molecule has 1 aliphatic rings. The maximum absolute atomic E-state index is 14.2. The number of halogens is 3. The average Bonchev–Trinajstić information content (AvgIpc) is 2.95. The van der Waals surface area contributed by atoms with Gasteiger partial charge in [-0.3, -0.25) is 0 Å². The summed E-state index contributed by atoms with van der Waals surface area (Å²) in [5.41, 5.74) is 0.204. The van der Waals surface area contributed by atoms with Crippen LogP contribution in [-0.2, 0) is 6.42 Å². The molecule has 118 valence electrons. The number of hydrogen-bond acceptors (Lipinski definition) is 1. The van der Waals surface area contributed by atoms with Crippen molar-refractivity contribution in [2.24, 2.45) is 11.8 Å². The van der Waals surface area contributed by atoms with Gasteiger partial charge in [0, 0.05) is 11.6 Å². The van der Waals surface area contributed by atoms with Crippen LogP contribution in [0.2, 0.25) is 0 Å². The molecule has 1 aromatic carbocycles. The van der Waals surface area contributed by atoms with Crippen molar-refractivity contribution in [2.75, 3.05) is 6.54 Å². The molecular weight excluding hydrogens is 336 g/mol. The van der Waals surface area contributed by atoms with Crippen LogP contribution in [0.1, 0.15) is 45.1 Å². The number of hydrogen-bond donors (Lipinski definition) is 1. The molecule has 1 aromatic rings. The predicted molar refractivity (Wildman–Crippen MR) is 86.3 cm³/mol. The molecule has 21 heavy (non-hydrogen) atoms. The van der Waals surface area contributed by atoms with Crippen LogP contribution in [0, 0.1) is 23.5 Å². The minimum Gasteiger partial charge on any atom is -0.314 e. The van der Waals surface area contributed by atoms with Gasteiger partial charge in [0.25, 0.3) is 0 Å². The summed E-state index contributed by atoms with van der Waals surface area (Å²) in [5.74, 6) is 0.396. The van der Waals surface area contributed by atoms with Gasteiger partial charge in [-0.2, -0.15) is 0 Å². The second-order valence-electron chi connectivity index (χ2n) is 6.04. The van der Waals surface area contributed by atoms with Gasteiger partial charge in [0.2, 0.25) is 0 Å². The molecule has 3 atom stereocenters. The standard InChI is InChI=1S/C17H24BrF2N/c1-3-11-5-6-12(9-11)16(21-4-2)10-13-15(19)8-7-14(18)17(13)20/h7-8,11-12,16,21H,3-6,9-10H2,1-2H3. The summed E-state index contributed by atoms with van der Waals surface area (Å²) in [5, 5.41) is 3.44. The zero-order chi connectivity index (χ0) is 15.4. The molecule has 0 radical (unpaired) electrons. The van der Waals surface area contributed by atoms with E-state index in [2.05, 4.69) is 28.2 Å². The first-order valence-corrected chi connectivity index (χ1v) is 8.71. The van der Waals surface area contributed by atoms with Crippen LogP contribution in [0.15, 0.2) is 16.6 Å². The summed E-state index contributed by atoms with van der Waals surface area (Å²) in [6, 6.07) is 2.93. The van der Waals surface area contributed by atoms with Gasteiger partial charge in [-0.25, -0.2) is 8.78 Å². The lowest BCUT2D eigenvalue weighted by Crippen LogP contribution is -2.37. The first kappa shape index (κ1) is 16.9. The summed E-state index contributed by atoms with van der Waals surface area (Å²) >= 11 is 3.15. The fourth-order valence-corrected chi connectivity index (χ4v) is 3.87. The summed E-state index contributed by atoms with van der Waals surface area (Å²) in [7, 11) is 0. The van der Waals surface area contributed by atoms with Crippen LogP contribution in [0.5, 0.6) is 0 Å². The maximum Gasteiger partial charge on any atom is 0.143 e. The molecule has 0 spiro atoms. The summed E-state index contributed by atoms with van der Waals surface area (Å²) in [4.78, 5) is 0. The fourth-order valence-electron chi connectivity index (χ4n) is 3.49. The topological polar surface area (TPSA) is 12.0 Å². The Morgan fingerprint density at radius 2 is 2.05 bits per heavy atom. The molecule has 1 saturated carbocycles. The second-order valence-corrected chi connectivity index (χ2v) is 6.89. The Labute approximate surface area is 134 Å². The Bertz CT molecular complexity index is 478. The highest BCUT2D eigenvalue weighted by Crippen LogP contribution is 2.36. The lowest BCUT2D eigenvalue weighted by molar-refractivity contribution is 0.342.